The first-order valence-corrected chi connectivity index (χ1v) is 8.04. The van der Waals surface area contributed by atoms with Crippen LogP contribution in [0.4, 0.5) is 0 Å². The number of hydrogen-bond donors (Lipinski definition) is 2. The molecule has 0 saturated carbocycles. The number of benzene rings is 1. The van der Waals surface area contributed by atoms with Crippen LogP contribution >= 0.6 is 34.5 Å². The van der Waals surface area contributed by atoms with Crippen LogP contribution < -0.4 is 5.56 Å². The van der Waals surface area contributed by atoms with Gasteiger partial charge in [0.15, 0.2) is 5.75 Å². The summed E-state index contributed by atoms with van der Waals surface area (Å²) in [6.07, 6.45) is 0. The Morgan fingerprint density at radius 2 is 1.96 bits per heavy atom. The summed E-state index contributed by atoms with van der Waals surface area (Å²) in [4.78, 5) is 23.7. The van der Waals surface area contributed by atoms with Crippen LogP contribution in [-0.2, 0) is 6.54 Å². The zero-order valence-corrected chi connectivity index (χ0v) is 13.7. The fourth-order valence-corrected chi connectivity index (χ4v) is 3.58. The van der Waals surface area contributed by atoms with E-state index in [0.717, 1.165) is 11.3 Å². The van der Waals surface area contributed by atoms with Crippen LogP contribution in [0, 0.1) is 0 Å². The summed E-state index contributed by atoms with van der Waals surface area (Å²) in [6, 6.07) is 6.59. The number of carboxylic acids is 1. The minimum Gasteiger partial charge on any atom is -0.502 e. The lowest BCUT2D eigenvalue weighted by Gasteiger charge is -2.11. The van der Waals surface area contributed by atoms with E-state index in [1.165, 1.54) is 4.57 Å². The van der Waals surface area contributed by atoms with Gasteiger partial charge < -0.3 is 10.2 Å². The lowest BCUT2D eigenvalue weighted by atomic mass is 10.2. The molecule has 0 bridgehead atoms. The molecule has 3 aromatic rings. The molecule has 0 unspecified atom stereocenters. The Kier molecular flexibility index (Phi) is 4.06. The molecule has 118 valence electrons. The van der Waals surface area contributed by atoms with Crippen LogP contribution in [0.3, 0.4) is 0 Å². The predicted molar refractivity (Wildman–Crippen MR) is 90.3 cm³/mol. The first kappa shape index (κ1) is 15.9. The van der Waals surface area contributed by atoms with Crippen molar-refractivity contribution in [2.24, 2.45) is 0 Å². The Morgan fingerprint density at radius 3 is 2.61 bits per heavy atom. The van der Waals surface area contributed by atoms with Crippen molar-refractivity contribution in [1.29, 1.82) is 0 Å². The summed E-state index contributed by atoms with van der Waals surface area (Å²) in [5.74, 6) is -2.11. The first-order chi connectivity index (χ1) is 10.9. The van der Waals surface area contributed by atoms with E-state index in [-0.39, 0.29) is 12.1 Å². The predicted octanol–water partition coefficient (Wildman–Crippen LogP) is 3.82. The SMILES string of the molecule is O=C(O)c1c(O)c(=O)n(Cc2ccc(Cl)c(Cl)c2)c2ccsc12. The Balaban J connectivity index is 2.22. The molecule has 0 aliphatic rings. The van der Waals surface area contributed by atoms with Gasteiger partial charge in [0.2, 0.25) is 0 Å². The summed E-state index contributed by atoms with van der Waals surface area (Å²) in [5.41, 5.74) is 0.0162. The standard InChI is InChI=1S/C15H9Cl2NO4S/c16-8-2-1-7(5-9(8)17)6-18-10-3-4-23-13(10)11(15(21)22)12(19)14(18)20/h1-5,19H,6H2,(H,21,22). The Morgan fingerprint density at radius 1 is 1.22 bits per heavy atom. The highest BCUT2D eigenvalue weighted by molar-refractivity contribution is 7.17. The quantitative estimate of drug-likeness (QED) is 0.735. The van der Waals surface area contributed by atoms with Gasteiger partial charge in [0, 0.05) is 0 Å². The smallest absolute Gasteiger partial charge is 0.341 e. The van der Waals surface area contributed by atoms with Crippen LogP contribution in [-0.4, -0.2) is 20.7 Å². The van der Waals surface area contributed by atoms with Gasteiger partial charge in [-0.2, -0.15) is 0 Å². The molecule has 2 N–H and O–H groups in total. The molecule has 0 spiro atoms. The number of carbonyl (C=O) groups is 1. The number of nitrogens with zero attached hydrogens (tertiary/aromatic N) is 1. The topological polar surface area (TPSA) is 79.5 Å². The second-order valence-electron chi connectivity index (χ2n) is 4.80. The van der Waals surface area contributed by atoms with Gasteiger partial charge in [0.05, 0.1) is 26.8 Å². The van der Waals surface area contributed by atoms with Crippen molar-refractivity contribution in [3.05, 3.63) is 61.2 Å². The van der Waals surface area contributed by atoms with Crippen molar-refractivity contribution in [1.82, 2.24) is 4.57 Å². The largest absolute Gasteiger partial charge is 0.502 e. The second-order valence-corrected chi connectivity index (χ2v) is 6.53. The van der Waals surface area contributed by atoms with Gasteiger partial charge in [0.1, 0.15) is 5.56 Å². The summed E-state index contributed by atoms with van der Waals surface area (Å²) >= 11 is 13.0. The summed E-state index contributed by atoms with van der Waals surface area (Å²) < 4.78 is 1.65. The van der Waals surface area contributed by atoms with E-state index in [9.17, 15) is 19.8 Å². The van der Waals surface area contributed by atoms with Crippen LogP contribution in [0.2, 0.25) is 10.0 Å². The van der Waals surface area contributed by atoms with Crippen LogP contribution in [0.15, 0.2) is 34.4 Å². The number of aromatic hydroxyl groups is 1. The lowest BCUT2D eigenvalue weighted by Crippen LogP contribution is -2.22. The van der Waals surface area contributed by atoms with Crippen LogP contribution in [0.1, 0.15) is 15.9 Å². The Bertz CT molecular complexity index is 993. The fourth-order valence-electron chi connectivity index (χ4n) is 2.33. The Hall–Kier alpha value is -2.02. The number of aromatic nitrogens is 1. The van der Waals surface area contributed by atoms with Crippen molar-refractivity contribution in [3.8, 4) is 5.75 Å². The molecule has 1 aromatic carbocycles. The third-order valence-corrected chi connectivity index (χ3v) is 5.05. The zero-order chi connectivity index (χ0) is 16.7. The first-order valence-electron chi connectivity index (χ1n) is 6.40. The van der Waals surface area contributed by atoms with Crippen molar-refractivity contribution in [2.45, 2.75) is 6.54 Å². The molecule has 23 heavy (non-hydrogen) atoms. The van der Waals surface area contributed by atoms with E-state index in [2.05, 4.69) is 0 Å². The summed E-state index contributed by atoms with van der Waals surface area (Å²) in [6.45, 7) is 0.135. The average molecular weight is 370 g/mol. The van der Waals surface area contributed by atoms with Gasteiger partial charge >= 0.3 is 5.97 Å². The van der Waals surface area contributed by atoms with Crippen molar-refractivity contribution in [2.75, 3.05) is 0 Å². The zero-order valence-electron chi connectivity index (χ0n) is 11.4. The number of fused-ring (bicyclic) bond motifs is 1. The number of rotatable bonds is 3. The lowest BCUT2D eigenvalue weighted by molar-refractivity contribution is 0.0695. The van der Waals surface area contributed by atoms with E-state index in [4.69, 9.17) is 23.2 Å². The molecular weight excluding hydrogens is 361 g/mol. The van der Waals surface area contributed by atoms with E-state index >= 15 is 0 Å². The van der Waals surface area contributed by atoms with Gasteiger partial charge in [-0.15, -0.1) is 11.3 Å². The third kappa shape index (κ3) is 2.69. The number of aromatic carboxylic acids is 1. The van der Waals surface area contributed by atoms with E-state index in [0.29, 0.717) is 25.8 Å². The van der Waals surface area contributed by atoms with Crippen LogP contribution in [0.5, 0.6) is 5.75 Å². The molecule has 0 amide bonds. The van der Waals surface area contributed by atoms with Gasteiger partial charge in [-0.05, 0) is 29.1 Å². The molecule has 0 aliphatic carbocycles. The normalized spacial score (nSPS) is 11.0. The van der Waals surface area contributed by atoms with E-state index in [1.54, 1.807) is 29.6 Å². The molecule has 2 aromatic heterocycles. The highest BCUT2D eigenvalue weighted by Gasteiger charge is 2.22. The highest BCUT2D eigenvalue weighted by atomic mass is 35.5. The van der Waals surface area contributed by atoms with Gasteiger partial charge in [-0.25, -0.2) is 4.79 Å². The molecule has 2 heterocycles. The minimum atomic E-state index is -1.34. The molecule has 0 aliphatic heterocycles. The maximum Gasteiger partial charge on any atom is 0.341 e. The molecule has 3 rings (SSSR count). The number of hydrogen-bond acceptors (Lipinski definition) is 4. The number of pyridine rings is 1. The van der Waals surface area contributed by atoms with Crippen LogP contribution in [0.25, 0.3) is 10.2 Å². The molecular formula is C15H9Cl2NO4S. The Labute approximate surface area is 143 Å². The maximum absolute atomic E-state index is 12.4. The molecule has 0 atom stereocenters. The van der Waals surface area contributed by atoms with E-state index in [1.807, 2.05) is 0 Å². The molecule has 8 heteroatoms. The monoisotopic (exact) mass is 369 g/mol. The summed E-state index contributed by atoms with van der Waals surface area (Å²) in [7, 11) is 0. The summed E-state index contributed by atoms with van der Waals surface area (Å²) in [5, 5.41) is 21.6. The van der Waals surface area contributed by atoms with Gasteiger partial charge in [-0.3, -0.25) is 9.36 Å². The fraction of sp³-hybridized carbons (Fsp3) is 0.0667. The number of carboxylic acid groups (broad SMARTS) is 1. The maximum atomic E-state index is 12.4. The average Bonchev–Trinajstić information content (AvgIpc) is 2.96. The molecule has 0 radical (unpaired) electrons. The number of thiophene rings is 1. The molecule has 0 saturated heterocycles. The number of halogens is 2. The molecule has 5 nitrogen and oxygen atoms in total. The third-order valence-electron chi connectivity index (χ3n) is 3.39. The second kappa shape index (κ2) is 5.88. The van der Waals surface area contributed by atoms with Gasteiger partial charge in [-0.1, -0.05) is 29.3 Å². The van der Waals surface area contributed by atoms with Crippen molar-refractivity contribution >= 4 is 50.7 Å². The van der Waals surface area contributed by atoms with Crippen molar-refractivity contribution in [3.63, 3.8) is 0 Å². The van der Waals surface area contributed by atoms with Gasteiger partial charge in [0.25, 0.3) is 5.56 Å². The molecule has 0 fully saturated rings. The minimum absolute atomic E-state index is 0.135. The van der Waals surface area contributed by atoms with Crippen molar-refractivity contribution < 1.29 is 15.0 Å². The highest BCUT2D eigenvalue weighted by Crippen LogP contribution is 2.30. The van der Waals surface area contributed by atoms with E-state index < -0.39 is 17.3 Å².